The molecular formula is C16H14O3. The first kappa shape index (κ1) is 11.9. The average Bonchev–Trinajstić information content (AvgIpc) is 2.86. The summed E-state index contributed by atoms with van der Waals surface area (Å²) in [7, 11) is 0. The highest BCUT2D eigenvalue weighted by Gasteiger charge is 2.13. The van der Waals surface area contributed by atoms with Gasteiger partial charge in [-0.25, -0.2) is 4.79 Å². The Kier molecular flexibility index (Phi) is 2.84. The van der Waals surface area contributed by atoms with E-state index in [4.69, 9.17) is 4.74 Å². The number of fused-ring (bicyclic) bond motifs is 1. The van der Waals surface area contributed by atoms with Crippen molar-refractivity contribution in [2.24, 2.45) is 0 Å². The van der Waals surface area contributed by atoms with E-state index in [1.54, 1.807) is 6.07 Å². The van der Waals surface area contributed by atoms with Gasteiger partial charge in [-0.3, -0.25) is 0 Å². The van der Waals surface area contributed by atoms with Gasteiger partial charge in [0.25, 0.3) is 0 Å². The lowest BCUT2D eigenvalue weighted by Crippen LogP contribution is -1.99. The van der Waals surface area contributed by atoms with Crippen molar-refractivity contribution in [1.82, 2.24) is 0 Å². The number of hydrogen-bond donors (Lipinski definition) is 1. The predicted molar refractivity (Wildman–Crippen MR) is 72.1 cm³/mol. The van der Waals surface area contributed by atoms with Crippen molar-refractivity contribution in [3.8, 4) is 11.1 Å². The van der Waals surface area contributed by atoms with Gasteiger partial charge in [-0.1, -0.05) is 24.3 Å². The molecule has 0 saturated carbocycles. The van der Waals surface area contributed by atoms with Crippen molar-refractivity contribution < 1.29 is 14.6 Å². The van der Waals surface area contributed by atoms with Crippen molar-refractivity contribution in [2.75, 3.05) is 0 Å². The summed E-state index contributed by atoms with van der Waals surface area (Å²) in [6, 6.07) is 11.7. The fourth-order valence-electron chi connectivity index (χ4n) is 2.38. The second kappa shape index (κ2) is 4.52. The molecule has 3 rings (SSSR count). The Morgan fingerprint density at radius 3 is 2.53 bits per heavy atom. The molecule has 0 saturated heterocycles. The molecule has 96 valence electrons. The molecule has 0 unspecified atom stereocenters. The Labute approximate surface area is 111 Å². The number of ether oxygens (including phenoxy) is 1. The van der Waals surface area contributed by atoms with Gasteiger partial charge in [0.15, 0.2) is 0 Å². The predicted octanol–water partition coefficient (Wildman–Crippen LogP) is 3.39. The summed E-state index contributed by atoms with van der Waals surface area (Å²) in [6.07, 6.45) is 0. The van der Waals surface area contributed by atoms with Crippen molar-refractivity contribution in [2.45, 2.75) is 20.1 Å². The Bertz CT molecular complexity index is 659. The van der Waals surface area contributed by atoms with Crippen LogP contribution in [0, 0.1) is 6.92 Å². The second-order valence-corrected chi connectivity index (χ2v) is 4.81. The number of rotatable bonds is 2. The Balaban J connectivity index is 2.07. The lowest BCUT2D eigenvalue weighted by Gasteiger charge is -2.07. The van der Waals surface area contributed by atoms with Gasteiger partial charge in [-0.15, -0.1) is 0 Å². The van der Waals surface area contributed by atoms with E-state index < -0.39 is 5.97 Å². The van der Waals surface area contributed by atoms with Gasteiger partial charge in [0.1, 0.15) is 0 Å². The number of aryl methyl sites for hydroxylation is 1. The molecule has 0 radical (unpaired) electrons. The molecule has 0 fully saturated rings. The highest BCUT2D eigenvalue weighted by molar-refractivity contribution is 5.91. The summed E-state index contributed by atoms with van der Waals surface area (Å²) in [5.74, 6) is -0.885. The van der Waals surface area contributed by atoms with Gasteiger partial charge >= 0.3 is 5.97 Å². The summed E-state index contributed by atoms with van der Waals surface area (Å²) < 4.78 is 5.39. The molecule has 0 aromatic heterocycles. The van der Waals surface area contributed by atoms with Crippen LogP contribution < -0.4 is 0 Å². The third-order valence-electron chi connectivity index (χ3n) is 3.52. The smallest absolute Gasteiger partial charge is 0.335 e. The van der Waals surface area contributed by atoms with Crippen LogP contribution in [-0.2, 0) is 18.0 Å². The maximum Gasteiger partial charge on any atom is 0.335 e. The monoisotopic (exact) mass is 254 g/mol. The number of carboxylic acid groups (broad SMARTS) is 1. The first-order valence-corrected chi connectivity index (χ1v) is 6.19. The quantitative estimate of drug-likeness (QED) is 0.893. The van der Waals surface area contributed by atoms with Gasteiger partial charge in [-0.05, 0) is 46.9 Å². The van der Waals surface area contributed by atoms with Crippen molar-refractivity contribution >= 4 is 5.97 Å². The molecule has 1 aliphatic rings. The Morgan fingerprint density at radius 2 is 1.74 bits per heavy atom. The van der Waals surface area contributed by atoms with Crippen LogP contribution in [0.5, 0.6) is 0 Å². The minimum absolute atomic E-state index is 0.356. The fourth-order valence-corrected chi connectivity index (χ4v) is 2.38. The lowest BCUT2D eigenvalue weighted by atomic mass is 9.97. The molecule has 1 heterocycles. The molecule has 2 aromatic rings. The zero-order valence-electron chi connectivity index (χ0n) is 10.6. The van der Waals surface area contributed by atoms with E-state index >= 15 is 0 Å². The van der Waals surface area contributed by atoms with Crippen LogP contribution in [0.1, 0.15) is 27.0 Å². The van der Waals surface area contributed by atoms with E-state index in [1.807, 2.05) is 25.1 Å². The van der Waals surface area contributed by atoms with Crippen molar-refractivity contribution in [3.63, 3.8) is 0 Å². The number of carboxylic acids is 1. The van der Waals surface area contributed by atoms with Crippen LogP contribution in [0.4, 0.5) is 0 Å². The first-order valence-electron chi connectivity index (χ1n) is 6.19. The zero-order valence-corrected chi connectivity index (χ0v) is 10.6. The molecule has 2 aromatic carbocycles. The number of carbonyl (C=O) groups is 1. The molecule has 0 atom stereocenters. The molecule has 0 spiro atoms. The SMILES string of the molecule is Cc1ccc(-c2ccc3c(c2)COC3)cc1C(=O)O. The summed E-state index contributed by atoms with van der Waals surface area (Å²) in [6.45, 7) is 3.12. The fraction of sp³-hybridized carbons (Fsp3) is 0.188. The minimum atomic E-state index is -0.885. The van der Waals surface area contributed by atoms with Gasteiger partial charge in [-0.2, -0.15) is 0 Å². The number of aromatic carboxylic acids is 1. The third-order valence-corrected chi connectivity index (χ3v) is 3.52. The van der Waals surface area contributed by atoms with E-state index in [0.717, 1.165) is 16.7 Å². The van der Waals surface area contributed by atoms with Crippen LogP contribution in [0.3, 0.4) is 0 Å². The highest BCUT2D eigenvalue weighted by Crippen LogP contribution is 2.28. The average molecular weight is 254 g/mol. The lowest BCUT2D eigenvalue weighted by molar-refractivity contribution is 0.0696. The number of hydrogen-bond acceptors (Lipinski definition) is 2. The van der Waals surface area contributed by atoms with Gasteiger partial charge in [0, 0.05) is 0 Å². The van der Waals surface area contributed by atoms with Gasteiger partial charge in [0.05, 0.1) is 18.8 Å². The van der Waals surface area contributed by atoms with Crippen LogP contribution in [0.25, 0.3) is 11.1 Å². The van der Waals surface area contributed by atoms with E-state index in [1.165, 1.54) is 11.1 Å². The maximum absolute atomic E-state index is 11.2. The molecule has 1 N–H and O–H groups in total. The normalized spacial score (nSPS) is 13.3. The summed E-state index contributed by atoms with van der Waals surface area (Å²) in [4.78, 5) is 11.2. The molecule has 3 heteroatoms. The van der Waals surface area contributed by atoms with E-state index in [0.29, 0.717) is 18.8 Å². The highest BCUT2D eigenvalue weighted by atomic mass is 16.5. The van der Waals surface area contributed by atoms with Gasteiger partial charge < -0.3 is 9.84 Å². The third kappa shape index (κ3) is 2.13. The summed E-state index contributed by atoms with van der Waals surface area (Å²) in [5, 5.41) is 9.17. The van der Waals surface area contributed by atoms with Crippen molar-refractivity contribution in [3.05, 3.63) is 58.7 Å². The molecule has 0 bridgehead atoms. The molecule has 0 aliphatic carbocycles. The van der Waals surface area contributed by atoms with Crippen LogP contribution in [-0.4, -0.2) is 11.1 Å². The van der Waals surface area contributed by atoms with Gasteiger partial charge in [0.2, 0.25) is 0 Å². The molecule has 3 nitrogen and oxygen atoms in total. The molecule has 1 aliphatic heterocycles. The second-order valence-electron chi connectivity index (χ2n) is 4.81. The maximum atomic E-state index is 11.2. The summed E-state index contributed by atoms with van der Waals surface area (Å²) >= 11 is 0. The Hall–Kier alpha value is -2.13. The van der Waals surface area contributed by atoms with Crippen molar-refractivity contribution in [1.29, 1.82) is 0 Å². The van der Waals surface area contributed by atoms with E-state index in [9.17, 15) is 9.90 Å². The molecular weight excluding hydrogens is 240 g/mol. The van der Waals surface area contributed by atoms with Crippen LogP contribution >= 0.6 is 0 Å². The largest absolute Gasteiger partial charge is 0.478 e. The minimum Gasteiger partial charge on any atom is -0.478 e. The molecule has 0 amide bonds. The summed E-state index contributed by atoms with van der Waals surface area (Å²) in [5.41, 5.74) is 5.50. The van der Waals surface area contributed by atoms with Crippen LogP contribution in [0.15, 0.2) is 36.4 Å². The topological polar surface area (TPSA) is 46.5 Å². The first-order chi connectivity index (χ1) is 9.15. The van der Waals surface area contributed by atoms with E-state index in [2.05, 4.69) is 12.1 Å². The number of benzene rings is 2. The Morgan fingerprint density at radius 1 is 1.05 bits per heavy atom. The van der Waals surface area contributed by atoms with E-state index in [-0.39, 0.29) is 0 Å². The van der Waals surface area contributed by atoms with Crippen LogP contribution in [0.2, 0.25) is 0 Å². The molecule has 19 heavy (non-hydrogen) atoms. The standard InChI is InChI=1S/C16H14O3/c1-10-2-3-12(7-15(10)16(17)18)11-4-5-13-8-19-9-14(13)6-11/h2-7H,8-9H2,1H3,(H,17,18). The zero-order chi connectivity index (χ0) is 13.4.